The molecule has 0 saturated carbocycles. The number of benzene rings is 2. The van der Waals surface area contributed by atoms with Crippen molar-refractivity contribution in [3.63, 3.8) is 0 Å². The first-order chi connectivity index (χ1) is 9.54. The molecule has 106 valence electrons. The van der Waals surface area contributed by atoms with Gasteiger partial charge in [-0.2, -0.15) is 0 Å². The molecule has 1 N–H and O–H groups in total. The normalized spacial score (nSPS) is 12.2. The largest absolute Gasteiger partial charge is 0.491 e. The molecule has 1 atom stereocenters. The van der Waals surface area contributed by atoms with E-state index in [9.17, 15) is 0 Å². The summed E-state index contributed by atoms with van der Waals surface area (Å²) in [5, 5.41) is 4.22. The lowest BCUT2D eigenvalue weighted by molar-refractivity contribution is 0.242. The molecule has 0 fully saturated rings. The van der Waals surface area contributed by atoms with Gasteiger partial charge in [0, 0.05) is 16.8 Å². The van der Waals surface area contributed by atoms with Gasteiger partial charge in [0.1, 0.15) is 5.75 Å². The minimum atomic E-state index is 0.196. The van der Waals surface area contributed by atoms with Gasteiger partial charge < -0.3 is 10.1 Å². The van der Waals surface area contributed by atoms with Crippen molar-refractivity contribution in [1.82, 2.24) is 0 Å². The van der Waals surface area contributed by atoms with Crippen LogP contribution >= 0.6 is 11.6 Å². The third-order valence-corrected chi connectivity index (χ3v) is 3.23. The van der Waals surface area contributed by atoms with Crippen LogP contribution in [0.5, 0.6) is 5.75 Å². The molecule has 20 heavy (non-hydrogen) atoms. The Labute approximate surface area is 125 Å². The van der Waals surface area contributed by atoms with E-state index < -0.39 is 0 Å². The number of hydrogen-bond acceptors (Lipinski definition) is 2. The molecular formula is C17H20ClNO. The standard InChI is InChI=1S/C17H20ClNO/c1-12(2)20-17-10-8-16(9-11-17)19-13(3)14-4-6-15(18)7-5-14/h4-13,19H,1-3H3. The van der Waals surface area contributed by atoms with Crippen LogP contribution in [0.3, 0.4) is 0 Å². The van der Waals surface area contributed by atoms with Crippen LogP contribution in [-0.4, -0.2) is 6.10 Å². The Morgan fingerprint density at radius 3 is 2.05 bits per heavy atom. The maximum atomic E-state index is 5.90. The second-order valence-corrected chi connectivity index (χ2v) is 5.54. The van der Waals surface area contributed by atoms with Gasteiger partial charge in [0.25, 0.3) is 0 Å². The summed E-state index contributed by atoms with van der Waals surface area (Å²) in [6.07, 6.45) is 0.196. The lowest BCUT2D eigenvalue weighted by atomic mass is 10.1. The van der Waals surface area contributed by atoms with Gasteiger partial charge in [-0.25, -0.2) is 0 Å². The van der Waals surface area contributed by atoms with E-state index in [-0.39, 0.29) is 12.1 Å². The zero-order valence-electron chi connectivity index (χ0n) is 12.1. The second-order valence-electron chi connectivity index (χ2n) is 5.11. The number of nitrogens with one attached hydrogen (secondary N) is 1. The minimum Gasteiger partial charge on any atom is -0.491 e. The fourth-order valence-corrected chi connectivity index (χ4v) is 2.11. The second kappa shape index (κ2) is 6.67. The molecule has 0 radical (unpaired) electrons. The number of anilines is 1. The zero-order valence-corrected chi connectivity index (χ0v) is 12.8. The zero-order chi connectivity index (χ0) is 14.5. The van der Waals surface area contributed by atoms with Crippen molar-refractivity contribution in [3.05, 3.63) is 59.1 Å². The lowest BCUT2D eigenvalue weighted by Gasteiger charge is -2.16. The molecule has 0 saturated heterocycles. The Kier molecular flexibility index (Phi) is 4.91. The number of hydrogen-bond donors (Lipinski definition) is 1. The first kappa shape index (κ1) is 14.7. The molecule has 2 aromatic rings. The van der Waals surface area contributed by atoms with Crippen LogP contribution in [0.1, 0.15) is 32.4 Å². The molecule has 0 heterocycles. The van der Waals surface area contributed by atoms with Gasteiger partial charge in [0.05, 0.1) is 6.10 Å². The molecule has 2 rings (SSSR count). The van der Waals surface area contributed by atoms with Crippen LogP contribution in [0.25, 0.3) is 0 Å². The summed E-state index contributed by atoms with van der Waals surface area (Å²) in [5.41, 5.74) is 2.28. The fourth-order valence-electron chi connectivity index (χ4n) is 1.99. The number of rotatable bonds is 5. The summed E-state index contributed by atoms with van der Waals surface area (Å²) >= 11 is 5.90. The molecule has 0 aliphatic carbocycles. The van der Waals surface area contributed by atoms with E-state index in [1.54, 1.807) is 0 Å². The maximum Gasteiger partial charge on any atom is 0.119 e. The Hall–Kier alpha value is -1.67. The molecule has 0 aliphatic rings. The molecule has 1 unspecified atom stereocenters. The van der Waals surface area contributed by atoms with Crippen LogP contribution in [0.15, 0.2) is 48.5 Å². The molecule has 2 nitrogen and oxygen atoms in total. The van der Waals surface area contributed by atoms with E-state index in [2.05, 4.69) is 12.2 Å². The van der Waals surface area contributed by atoms with Crippen molar-refractivity contribution in [2.45, 2.75) is 32.9 Å². The van der Waals surface area contributed by atoms with Crippen LogP contribution < -0.4 is 10.1 Å². The SMILES string of the molecule is CC(C)Oc1ccc(NC(C)c2ccc(Cl)cc2)cc1. The highest BCUT2D eigenvalue weighted by Crippen LogP contribution is 2.23. The van der Waals surface area contributed by atoms with Crippen LogP contribution in [-0.2, 0) is 0 Å². The average molecular weight is 290 g/mol. The van der Waals surface area contributed by atoms with E-state index in [1.807, 2.05) is 62.4 Å². The number of ether oxygens (including phenoxy) is 1. The molecule has 2 aromatic carbocycles. The van der Waals surface area contributed by atoms with Crippen molar-refractivity contribution in [2.24, 2.45) is 0 Å². The molecule has 0 spiro atoms. The van der Waals surface area contributed by atoms with Crippen LogP contribution in [0.4, 0.5) is 5.69 Å². The van der Waals surface area contributed by atoms with E-state index in [1.165, 1.54) is 5.56 Å². The Balaban J connectivity index is 2.00. The maximum absolute atomic E-state index is 5.90. The molecule has 3 heteroatoms. The lowest BCUT2D eigenvalue weighted by Crippen LogP contribution is -2.07. The van der Waals surface area contributed by atoms with Crippen molar-refractivity contribution >= 4 is 17.3 Å². The van der Waals surface area contributed by atoms with E-state index in [0.29, 0.717) is 0 Å². The van der Waals surface area contributed by atoms with Gasteiger partial charge in [-0.3, -0.25) is 0 Å². The predicted molar refractivity (Wildman–Crippen MR) is 85.7 cm³/mol. The number of halogens is 1. The third-order valence-electron chi connectivity index (χ3n) is 2.98. The topological polar surface area (TPSA) is 21.3 Å². The Bertz CT molecular complexity index is 534. The highest BCUT2D eigenvalue weighted by molar-refractivity contribution is 6.30. The van der Waals surface area contributed by atoms with Crippen LogP contribution in [0, 0.1) is 0 Å². The van der Waals surface area contributed by atoms with Crippen molar-refractivity contribution < 1.29 is 4.74 Å². The molecule has 0 amide bonds. The molecule has 0 bridgehead atoms. The molecule has 0 aliphatic heterocycles. The summed E-state index contributed by atoms with van der Waals surface area (Å²) < 4.78 is 5.63. The molecular weight excluding hydrogens is 270 g/mol. The Morgan fingerprint density at radius 2 is 1.50 bits per heavy atom. The van der Waals surface area contributed by atoms with Crippen molar-refractivity contribution in [2.75, 3.05) is 5.32 Å². The van der Waals surface area contributed by atoms with Gasteiger partial charge in [-0.1, -0.05) is 23.7 Å². The summed E-state index contributed by atoms with van der Waals surface area (Å²) in [6.45, 7) is 6.17. The molecule has 0 aromatic heterocycles. The summed E-state index contributed by atoms with van der Waals surface area (Å²) in [4.78, 5) is 0. The van der Waals surface area contributed by atoms with E-state index in [4.69, 9.17) is 16.3 Å². The summed E-state index contributed by atoms with van der Waals surface area (Å²) in [6, 6.07) is 16.2. The van der Waals surface area contributed by atoms with E-state index in [0.717, 1.165) is 16.5 Å². The first-order valence-electron chi connectivity index (χ1n) is 6.83. The quantitative estimate of drug-likeness (QED) is 0.806. The van der Waals surface area contributed by atoms with Crippen LogP contribution in [0.2, 0.25) is 5.02 Å². The highest BCUT2D eigenvalue weighted by Gasteiger charge is 2.05. The summed E-state index contributed by atoms with van der Waals surface area (Å²) in [7, 11) is 0. The van der Waals surface area contributed by atoms with Gasteiger partial charge in [-0.05, 0) is 62.7 Å². The fraction of sp³-hybridized carbons (Fsp3) is 0.294. The smallest absolute Gasteiger partial charge is 0.119 e. The van der Waals surface area contributed by atoms with E-state index >= 15 is 0 Å². The van der Waals surface area contributed by atoms with Gasteiger partial charge in [0.2, 0.25) is 0 Å². The van der Waals surface area contributed by atoms with Crippen molar-refractivity contribution in [3.8, 4) is 5.75 Å². The highest BCUT2D eigenvalue weighted by atomic mass is 35.5. The predicted octanol–water partition coefficient (Wildman–Crippen LogP) is 5.30. The van der Waals surface area contributed by atoms with Gasteiger partial charge >= 0.3 is 0 Å². The Morgan fingerprint density at radius 1 is 0.900 bits per heavy atom. The minimum absolute atomic E-state index is 0.196. The third kappa shape index (κ3) is 4.17. The first-order valence-corrected chi connectivity index (χ1v) is 7.21. The van der Waals surface area contributed by atoms with Gasteiger partial charge in [-0.15, -0.1) is 0 Å². The van der Waals surface area contributed by atoms with Crippen molar-refractivity contribution in [1.29, 1.82) is 0 Å². The summed E-state index contributed by atoms with van der Waals surface area (Å²) in [5.74, 6) is 0.893. The average Bonchev–Trinajstić information content (AvgIpc) is 2.41. The monoisotopic (exact) mass is 289 g/mol. The van der Waals surface area contributed by atoms with Gasteiger partial charge in [0.15, 0.2) is 0 Å².